The summed E-state index contributed by atoms with van der Waals surface area (Å²) in [5.74, 6) is 0.768. The van der Waals surface area contributed by atoms with Gasteiger partial charge in [-0.15, -0.1) is 0 Å². The molecule has 1 fully saturated rings. The van der Waals surface area contributed by atoms with Gasteiger partial charge in [-0.05, 0) is 30.0 Å². The molecule has 0 amide bonds. The smallest absolute Gasteiger partial charge is 0.323 e. The molecule has 0 saturated heterocycles. The fraction of sp³-hybridized carbons (Fsp3) is 0.533. The fourth-order valence-corrected chi connectivity index (χ4v) is 3.20. The minimum atomic E-state index is -0.159. The van der Waals surface area contributed by atoms with E-state index < -0.39 is 0 Å². The number of hydrogen-bond donors (Lipinski definition) is 3. The highest BCUT2D eigenvalue weighted by atomic mass is 16.1. The zero-order valence-electron chi connectivity index (χ0n) is 11.1. The van der Waals surface area contributed by atoms with Gasteiger partial charge in [0.25, 0.3) is 0 Å². The van der Waals surface area contributed by atoms with Crippen molar-refractivity contribution in [2.24, 2.45) is 11.7 Å². The van der Waals surface area contributed by atoms with E-state index in [-0.39, 0.29) is 11.7 Å². The molecule has 1 aromatic carbocycles. The third-order valence-electron chi connectivity index (χ3n) is 4.28. The minimum absolute atomic E-state index is 0.0749. The number of rotatable bonds is 3. The molecule has 1 aromatic heterocycles. The van der Waals surface area contributed by atoms with Crippen molar-refractivity contribution in [3.8, 4) is 0 Å². The average Bonchev–Trinajstić information content (AvgIpc) is 2.78. The summed E-state index contributed by atoms with van der Waals surface area (Å²) in [7, 11) is 0. The first-order valence-electron chi connectivity index (χ1n) is 7.20. The molecule has 3 rings (SSSR count). The van der Waals surface area contributed by atoms with Crippen LogP contribution in [0.3, 0.4) is 0 Å². The molecular formula is C15H21N3O. The highest BCUT2D eigenvalue weighted by molar-refractivity contribution is 5.75. The Morgan fingerprint density at radius 3 is 2.68 bits per heavy atom. The summed E-state index contributed by atoms with van der Waals surface area (Å²) < 4.78 is 0. The summed E-state index contributed by atoms with van der Waals surface area (Å²) in [6.07, 6.45) is 7.76. The Hall–Kier alpha value is -1.55. The average molecular weight is 259 g/mol. The number of benzene rings is 1. The molecule has 4 N–H and O–H groups in total. The van der Waals surface area contributed by atoms with E-state index in [1.165, 1.54) is 32.1 Å². The van der Waals surface area contributed by atoms with E-state index in [0.29, 0.717) is 0 Å². The Bertz CT molecular complexity index is 607. The lowest BCUT2D eigenvalue weighted by Gasteiger charge is -2.24. The van der Waals surface area contributed by atoms with E-state index in [1.54, 1.807) is 0 Å². The Labute approximate surface area is 112 Å². The quantitative estimate of drug-likeness (QED) is 0.793. The molecule has 1 heterocycles. The lowest BCUT2D eigenvalue weighted by molar-refractivity contribution is 0.319. The Morgan fingerprint density at radius 2 is 1.89 bits per heavy atom. The first-order valence-corrected chi connectivity index (χ1v) is 7.20. The Balaban J connectivity index is 1.76. The van der Waals surface area contributed by atoms with Crippen molar-refractivity contribution in [1.82, 2.24) is 9.97 Å². The van der Waals surface area contributed by atoms with Crippen LogP contribution in [0, 0.1) is 5.92 Å². The van der Waals surface area contributed by atoms with Crippen LogP contribution in [0.25, 0.3) is 11.0 Å². The maximum absolute atomic E-state index is 11.2. The second kappa shape index (κ2) is 5.21. The lowest BCUT2D eigenvalue weighted by atomic mass is 9.83. The van der Waals surface area contributed by atoms with E-state index in [0.717, 1.165) is 28.9 Å². The summed E-state index contributed by atoms with van der Waals surface area (Å²) in [6, 6.07) is 6.04. The summed E-state index contributed by atoms with van der Waals surface area (Å²) in [5, 5.41) is 0. The molecule has 0 radical (unpaired) electrons. The van der Waals surface area contributed by atoms with Gasteiger partial charge in [-0.2, -0.15) is 0 Å². The Kier molecular flexibility index (Phi) is 3.42. The van der Waals surface area contributed by atoms with Gasteiger partial charge in [-0.25, -0.2) is 4.79 Å². The molecule has 4 heteroatoms. The van der Waals surface area contributed by atoms with Crippen molar-refractivity contribution < 1.29 is 0 Å². The zero-order chi connectivity index (χ0) is 13.2. The molecule has 0 aliphatic heterocycles. The van der Waals surface area contributed by atoms with Crippen LogP contribution in [-0.2, 0) is 0 Å². The van der Waals surface area contributed by atoms with Gasteiger partial charge in [-0.3, -0.25) is 0 Å². The molecule has 1 aliphatic carbocycles. The third-order valence-corrected chi connectivity index (χ3v) is 4.28. The standard InChI is InChI=1S/C15H21N3O/c16-12(8-10-4-2-1-3-5-10)11-6-7-13-14(9-11)18-15(19)17-13/h6-7,9-10,12H,1-5,8,16H2,(H2,17,18,19). The number of aromatic amines is 2. The highest BCUT2D eigenvalue weighted by Crippen LogP contribution is 2.31. The van der Waals surface area contributed by atoms with E-state index >= 15 is 0 Å². The second-order valence-corrected chi connectivity index (χ2v) is 5.73. The normalized spacial score (nSPS) is 18.8. The predicted molar refractivity (Wildman–Crippen MR) is 77.0 cm³/mol. The van der Waals surface area contributed by atoms with Crippen LogP contribution < -0.4 is 11.4 Å². The molecule has 102 valence electrons. The number of imidazole rings is 1. The number of H-pyrrole nitrogens is 2. The maximum atomic E-state index is 11.2. The molecule has 2 aromatic rings. The van der Waals surface area contributed by atoms with Crippen molar-refractivity contribution in [1.29, 1.82) is 0 Å². The number of aromatic nitrogens is 2. The van der Waals surface area contributed by atoms with Gasteiger partial charge in [0.05, 0.1) is 11.0 Å². The van der Waals surface area contributed by atoms with Crippen LogP contribution in [0.2, 0.25) is 0 Å². The summed E-state index contributed by atoms with van der Waals surface area (Å²) in [4.78, 5) is 16.8. The van der Waals surface area contributed by atoms with Gasteiger partial charge in [0.15, 0.2) is 0 Å². The topological polar surface area (TPSA) is 74.7 Å². The van der Waals surface area contributed by atoms with Crippen molar-refractivity contribution in [2.45, 2.75) is 44.6 Å². The van der Waals surface area contributed by atoms with Crippen molar-refractivity contribution in [3.05, 3.63) is 34.2 Å². The molecular weight excluding hydrogens is 238 g/mol. The molecule has 1 atom stereocenters. The van der Waals surface area contributed by atoms with Crippen LogP contribution in [0.1, 0.15) is 50.1 Å². The second-order valence-electron chi connectivity index (χ2n) is 5.73. The van der Waals surface area contributed by atoms with Gasteiger partial charge in [0, 0.05) is 6.04 Å². The minimum Gasteiger partial charge on any atom is -0.324 e. The summed E-state index contributed by atoms with van der Waals surface area (Å²) >= 11 is 0. The van der Waals surface area contributed by atoms with E-state index in [1.807, 2.05) is 18.2 Å². The molecule has 0 bridgehead atoms. The highest BCUT2D eigenvalue weighted by Gasteiger charge is 2.18. The zero-order valence-corrected chi connectivity index (χ0v) is 11.1. The number of fused-ring (bicyclic) bond motifs is 1. The van der Waals surface area contributed by atoms with Gasteiger partial charge >= 0.3 is 5.69 Å². The van der Waals surface area contributed by atoms with Gasteiger partial charge in [0.1, 0.15) is 0 Å². The monoisotopic (exact) mass is 259 g/mol. The van der Waals surface area contributed by atoms with Crippen LogP contribution in [-0.4, -0.2) is 9.97 Å². The van der Waals surface area contributed by atoms with E-state index in [4.69, 9.17) is 5.73 Å². The first-order chi connectivity index (χ1) is 9.22. The molecule has 1 unspecified atom stereocenters. The third kappa shape index (κ3) is 2.73. The number of nitrogens with one attached hydrogen (secondary N) is 2. The fourth-order valence-electron chi connectivity index (χ4n) is 3.20. The van der Waals surface area contributed by atoms with Gasteiger partial charge < -0.3 is 15.7 Å². The van der Waals surface area contributed by atoms with Crippen molar-refractivity contribution >= 4 is 11.0 Å². The molecule has 1 saturated carbocycles. The van der Waals surface area contributed by atoms with Crippen LogP contribution in [0.15, 0.2) is 23.0 Å². The number of hydrogen-bond acceptors (Lipinski definition) is 2. The van der Waals surface area contributed by atoms with Crippen molar-refractivity contribution in [3.63, 3.8) is 0 Å². The van der Waals surface area contributed by atoms with Crippen molar-refractivity contribution in [2.75, 3.05) is 0 Å². The summed E-state index contributed by atoms with van der Waals surface area (Å²) in [6.45, 7) is 0. The molecule has 4 nitrogen and oxygen atoms in total. The molecule has 0 spiro atoms. The first kappa shape index (κ1) is 12.5. The summed E-state index contributed by atoms with van der Waals surface area (Å²) in [5.41, 5.74) is 8.98. The van der Waals surface area contributed by atoms with E-state index in [2.05, 4.69) is 9.97 Å². The molecule has 19 heavy (non-hydrogen) atoms. The predicted octanol–water partition coefficient (Wildman–Crippen LogP) is 2.83. The van der Waals surface area contributed by atoms with Crippen LogP contribution in [0.4, 0.5) is 0 Å². The Morgan fingerprint density at radius 1 is 1.16 bits per heavy atom. The van der Waals surface area contributed by atoms with Gasteiger partial charge in [-0.1, -0.05) is 38.2 Å². The SMILES string of the molecule is NC(CC1CCCCC1)c1ccc2[nH]c(=O)[nH]c2c1. The maximum Gasteiger partial charge on any atom is 0.323 e. The van der Waals surface area contributed by atoms with Crippen LogP contribution >= 0.6 is 0 Å². The largest absolute Gasteiger partial charge is 0.324 e. The van der Waals surface area contributed by atoms with E-state index in [9.17, 15) is 4.79 Å². The number of nitrogens with two attached hydrogens (primary N) is 1. The lowest BCUT2D eigenvalue weighted by Crippen LogP contribution is -2.17. The molecule has 1 aliphatic rings. The van der Waals surface area contributed by atoms with Gasteiger partial charge in [0.2, 0.25) is 0 Å². The van der Waals surface area contributed by atoms with Crippen LogP contribution in [0.5, 0.6) is 0 Å².